The summed E-state index contributed by atoms with van der Waals surface area (Å²) in [5.41, 5.74) is -1.29. The first-order valence-corrected chi connectivity index (χ1v) is 11.9. The standard InChI is InChI=1S/C26H14BrClFNO5/c27-13-5-3-4-12(10-13)21-19-20(25(34)30(24(19)33)14-8-9-18(29)17(28)11-14)26(35-21)22(31)15-6-1-2-7-16(15)23(26)32/h1-11,19-21H/t19-,20+,21+/m0/s1. The number of nitrogens with zero attached hydrogens (tertiary/aromatic N) is 1. The van der Waals surface area contributed by atoms with E-state index in [9.17, 15) is 23.6 Å². The summed E-state index contributed by atoms with van der Waals surface area (Å²) in [5, 5.41) is -0.268. The van der Waals surface area contributed by atoms with E-state index in [1.807, 2.05) is 0 Å². The quantitative estimate of drug-likeness (QED) is 0.331. The van der Waals surface area contributed by atoms with E-state index in [1.54, 1.807) is 36.4 Å². The van der Waals surface area contributed by atoms with Gasteiger partial charge in [0.15, 0.2) is 0 Å². The number of carbonyl (C=O) groups excluding carboxylic acids is 4. The molecule has 0 aromatic heterocycles. The van der Waals surface area contributed by atoms with E-state index in [2.05, 4.69) is 15.9 Å². The maximum atomic E-state index is 13.8. The molecule has 35 heavy (non-hydrogen) atoms. The summed E-state index contributed by atoms with van der Waals surface area (Å²) >= 11 is 9.31. The molecular formula is C26H14BrClFNO5. The Balaban J connectivity index is 1.55. The van der Waals surface area contributed by atoms with Gasteiger partial charge in [-0.2, -0.15) is 0 Å². The first kappa shape index (κ1) is 22.3. The second kappa shape index (κ2) is 7.65. The highest BCUT2D eigenvalue weighted by atomic mass is 79.9. The molecule has 0 radical (unpaired) electrons. The Morgan fingerprint density at radius 2 is 1.57 bits per heavy atom. The Morgan fingerprint density at radius 3 is 2.20 bits per heavy atom. The van der Waals surface area contributed by atoms with Crippen LogP contribution in [0.4, 0.5) is 10.1 Å². The highest BCUT2D eigenvalue weighted by Crippen LogP contribution is 2.57. The molecule has 3 atom stereocenters. The van der Waals surface area contributed by atoms with Crippen LogP contribution < -0.4 is 4.90 Å². The second-order valence-electron chi connectivity index (χ2n) is 8.65. The van der Waals surface area contributed by atoms with Crippen LogP contribution in [-0.4, -0.2) is 29.0 Å². The second-order valence-corrected chi connectivity index (χ2v) is 9.97. The number of fused-ring (bicyclic) bond motifs is 3. The van der Waals surface area contributed by atoms with Gasteiger partial charge >= 0.3 is 0 Å². The molecule has 2 fully saturated rings. The summed E-state index contributed by atoms with van der Waals surface area (Å²) in [5.74, 6) is -5.97. The van der Waals surface area contributed by atoms with Crippen molar-refractivity contribution in [3.63, 3.8) is 0 Å². The number of amides is 2. The van der Waals surface area contributed by atoms with Crippen molar-refractivity contribution in [2.24, 2.45) is 11.8 Å². The number of hydrogen-bond acceptors (Lipinski definition) is 5. The predicted molar refractivity (Wildman–Crippen MR) is 127 cm³/mol. The van der Waals surface area contributed by atoms with Gasteiger partial charge in [-0.25, -0.2) is 9.29 Å². The van der Waals surface area contributed by atoms with Crippen molar-refractivity contribution < 1.29 is 28.3 Å². The van der Waals surface area contributed by atoms with Crippen LogP contribution in [0.25, 0.3) is 0 Å². The third-order valence-corrected chi connectivity index (χ3v) is 7.64. The fraction of sp³-hybridized carbons (Fsp3) is 0.154. The minimum atomic E-state index is -2.17. The largest absolute Gasteiger partial charge is 0.349 e. The smallest absolute Gasteiger partial charge is 0.241 e. The Morgan fingerprint density at radius 1 is 0.886 bits per heavy atom. The highest BCUT2D eigenvalue weighted by molar-refractivity contribution is 9.10. The Labute approximate surface area is 211 Å². The van der Waals surface area contributed by atoms with Gasteiger partial charge in [0.1, 0.15) is 5.82 Å². The number of ketones is 2. The zero-order chi connectivity index (χ0) is 24.6. The summed E-state index contributed by atoms with van der Waals surface area (Å²) < 4.78 is 20.7. The molecule has 2 aliphatic heterocycles. The lowest BCUT2D eigenvalue weighted by molar-refractivity contribution is -0.127. The van der Waals surface area contributed by atoms with Crippen LogP contribution in [0.2, 0.25) is 5.02 Å². The molecule has 3 aliphatic rings. The van der Waals surface area contributed by atoms with E-state index < -0.39 is 52.7 Å². The molecule has 6 nitrogen and oxygen atoms in total. The number of imide groups is 1. The van der Waals surface area contributed by atoms with Crippen LogP contribution in [-0.2, 0) is 14.3 Å². The number of Topliss-reactive ketones (excluding diaryl/α,β-unsaturated/α-hetero) is 2. The Hall–Kier alpha value is -3.20. The average Bonchev–Trinajstić information content (AvgIpc) is 3.41. The lowest BCUT2D eigenvalue weighted by Gasteiger charge is -2.27. The van der Waals surface area contributed by atoms with Gasteiger partial charge in [0.2, 0.25) is 29.0 Å². The monoisotopic (exact) mass is 553 g/mol. The summed E-state index contributed by atoms with van der Waals surface area (Å²) in [7, 11) is 0. The average molecular weight is 555 g/mol. The number of hydrogen-bond donors (Lipinski definition) is 0. The number of ether oxygens (including phenoxy) is 1. The fourth-order valence-corrected chi connectivity index (χ4v) is 5.97. The Bertz CT molecular complexity index is 1460. The molecule has 2 saturated heterocycles. The molecule has 3 aromatic rings. The molecule has 0 saturated carbocycles. The lowest BCUT2D eigenvalue weighted by atomic mass is 9.77. The first-order chi connectivity index (χ1) is 16.8. The van der Waals surface area contributed by atoms with E-state index in [-0.39, 0.29) is 21.8 Å². The SMILES string of the molecule is O=C1[C@@H]2[C@@H](c3cccc(Br)c3)OC3(C(=O)c4ccccc4C3=O)[C@H]2C(=O)N1c1ccc(F)c(Cl)c1. The zero-order valence-electron chi connectivity index (χ0n) is 17.7. The maximum Gasteiger partial charge on any atom is 0.241 e. The number of benzene rings is 3. The third kappa shape index (κ3) is 2.90. The van der Waals surface area contributed by atoms with Gasteiger partial charge in [-0.05, 0) is 35.9 Å². The van der Waals surface area contributed by atoms with Crippen molar-refractivity contribution in [3.05, 3.63) is 98.7 Å². The number of anilines is 1. The van der Waals surface area contributed by atoms with E-state index in [0.29, 0.717) is 10.0 Å². The van der Waals surface area contributed by atoms with Gasteiger partial charge in [0.25, 0.3) is 0 Å². The summed E-state index contributed by atoms with van der Waals surface area (Å²) in [6, 6.07) is 16.7. The van der Waals surface area contributed by atoms with E-state index in [1.165, 1.54) is 24.3 Å². The number of carbonyl (C=O) groups is 4. The van der Waals surface area contributed by atoms with Crippen LogP contribution in [0.1, 0.15) is 32.4 Å². The lowest BCUT2D eigenvalue weighted by Crippen LogP contribution is -2.51. The molecule has 1 spiro atoms. The van der Waals surface area contributed by atoms with E-state index >= 15 is 0 Å². The summed E-state index contributed by atoms with van der Waals surface area (Å²) in [4.78, 5) is 55.8. The summed E-state index contributed by atoms with van der Waals surface area (Å²) in [6.07, 6.45) is -1.04. The minimum absolute atomic E-state index is 0.0550. The zero-order valence-corrected chi connectivity index (χ0v) is 20.0. The molecule has 0 unspecified atom stereocenters. The molecule has 6 rings (SSSR count). The van der Waals surface area contributed by atoms with Gasteiger partial charge in [-0.1, -0.05) is 63.9 Å². The molecule has 0 bridgehead atoms. The van der Waals surface area contributed by atoms with Crippen molar-refractivity contribution >= 4 is 56.6 Å². The topological polar surface area (TPSA) is 80.8 Å². The van der Waals surface area contributed by atoms with Gasteiger partial charge in [0.05, 0.1) is 28.6 Å². The van der Waals surface area contributed by atoms with Crippen molar-refractivity contribution in [2.75, 3.05) is 4.90 Å². The normalized spacial score (nSPS) is 24.4. The molecule has 3 aromatic carbocycles. The third-order valence-electron chi connectivity index (χ3n) is 6.86. The van der Waals surface area contributed by atoms with Crippen molar-refractivity contribution in [1.29, 1.82) is 0 Å². The van der Waals surface area contributed by atoms with Gasteiger partial charge in [0, 0.05) is 15.6 Å². The van der Waals surface area contributed by atoms with Crippen molar-refractivity contribution in [1.82, 2.24) is 0 Å². The molecule has 2 amide bonds. The van der Waals surface area contributed by atoms with Crippen LogP contribution in [0, 0.1) is 17.7 Å². The molecule has 1 aliphatic carbocycles. The van der Waals surface area contributed by atoms with Gasteiger partial charge in [-0.3, -0.25) is 19.2 Å². The molecule has 2 heterocycles. The van der Waals surface area contributed by atoms with Crippen LogP contribution in [0.15, 0.2) is 71.2 Å². The van der Waals surface area contributed by atoms with Crippen LogP contribution >= 0.6 is 27.5 Å². The molecule has 0 N–H and O–H groups in total. The summed E-state index contributed by atoms with van der Waals surface area (Å²) in [6.45, 7) is 0. The molecule has 9 heteroatoms. The maximum absolute atomic E-state index is 13.8. The van der Waals surface area contributed by atoms with Crippen molar-refractivity contribution in [2.45, 2.75) is 11.7 Å². The van der Waals surface area contributed by atoms with Gasteiger partial charge < -0.3 is 4.74 Å². The molecular weight excluding hydrogens is 541 g/mol. The van der Waals surface area contributed by atoms with E-state index in [4.69, 9.17) is 16.3 Å². The fourth-order valence-electron chi connectivity index (χ4n) is 5.38. The van der Waals surface area contributed by atoms with Crippen LogP contribution in [0.5, 0.6) is 0 Å². The van der Waals surface area contributed by atoms with E-state index in [0.717, 1.165) is 11.0 Å². The minimum Gasteiger partial charge on any atom is -0.349 e. The number of rotatable bonds is 2. The van der Waals surface area contributed by atoms with Crippen molar-refractivity contribution in [3.8, 4) is 0 Å². The number of halogens is 3. The predicted octanol–water partition coefficient (Wildman–Crippen LogP) is 4.94. The van der Waals surface area contributed by atoms with Gasteiger partial charge in [-0.15, -0.1) is 0 Å². The highest BCUT2D eigenvalue weighted by Gasteiger charge is 2.74. The molecule has 174 valence electrons. The van der Waals surface area contributed by atoms with Crippen LogP contribution in [0.3, 0.4) is 0 Å². The Kier molecular flexibility index (Phi) is 4.87. The first-order valence-electron chi connectivity index (χ1n) is 10.7.